The minimum absolute atomic E-state index is 0.0936. The molecule has 1 aliphatic carbocycles. The number of hydrogen-bond donors (Lipinski definition) is 1. The zero-order valence-corrected chi connectivity index (χ0v) is 15.5. The van der Waals surface area contributed by atoms with Crippen molar-refractivity contribution in [3.8, 4) is 0 Å². The van der Waals surface area contributed by atoms with Crippen LogP contribution < -0.4 is 5.32 Å². The highest BCUT2D eigenvalue weighted by molar-refractivity contribution is 7.88. The molecule has 1 heterocycles. The monoisotopic (exact) mass is 366 g/mol. The minimum atomic E-state index is -3.25. The van der Waals surface area contributed by atoms with Gasteiger partial charge in [-0.25, -0.2) is 12.7 Å². The Bertz CT molecular complexity index is 707. The van der Waals surface area contributed by atoms with Gasteiger partial charge in [-0.05, 0) is 18.4 Å². The lowest BCUT2D eigenvalue weighted by Crippen LogP contribution is -2.62. The Labute approximate surface area is 149 Å². The first-order chi connectivity index (χ1) is 11.9. The second-order valence-corrected chi connectivity index (χ2v) is 9.16. The molecule has 1 saturated carbocycles. The third-order valence-electron chi connectivity index (χ3n) is 5.39. The van der Waals surface area contributed by atoms with E-state index in [4.69, 9.17) is 4.74 Å². The number of carbonyl (C=O) groups excluding carboxylic acids is 1. The summed E-state index contributed by atoms with van der Waals surface area (Å²) in [5.74, 6) is 0.570. The van der Waals surface area contributed by atoms with E-state index >= 15 is 0 Å². The van der Waals surface area contributed by atoms with E-state index in [2.05, 4.69) is 17.4 Å². The fraction of sp³-hybridized carbons (Fsp3) is 0.611. The molecule has 2 aliphatic rings. The van der Waals surface area contributed by atoms with Gasteiger partial charge >= 0.3 is 0 Å². The molecule has 1 aromatic carbocycles. The van der Waals surface area contributed by atoms with E-state index in [9.17, 15) is 13.2 Å². The Morgan fingerprint density at radius 2 is 2.04 bits per heavy atom. The van der Waals surface area contributed by atoms with Crippen LogP contribution in [0.4, 0.5) is 0 Å². The molecular weight excluding hydrogens is 340 g/mol. The number of benzene rings is 1. The largest absolute Gasteiger partial charge is 0.377 e. The van der Waals surface area contributed by atoms with E-state index < -0.39 is 10.0 Å². The van der Waals surface area contributed by atoms with E-state index in [-0.39, 0.29) is 36.9 Å². The highest BCUT2D eigenvalue weighted by atomic mass is 32.2. The van der Waals surface area contributed by atoms with E-state index in [1.54, 1.807) is 0 Å². The second kappa shape index (κ2) is 7.43. The van der Waals surface area contributed by atoms with Crippen LogP contribution in [0.2, 0.25) is 0 Å². The van der Waals surface area contributed by atoms with Gasteiger partial charge in [-0.1, -0.05) is 30.3 Å². The maximum Gasteiger partial charge on any atom is 0.221 e. The van der Waals surface area contributed by atoms with Crippen molar-refractivity contribution in [1.82, 2.24) is 9.62 Å². The Balaban J connectivity index is 1.57. The fourth-order valence-corrected chi connectivity index (χ4v) is 4.28. The van der Waals surface area contributed by atoms with Gasteiger partial charge in [0.1, 0.15) is 0 Å². The normalized spacial score (nSPS) is 28.4. The topological polar surface area (TPSA) is 75.7 Å². The van der Waals surface area contributed by atoms with Crippen molar-refractivity contribution in [2.24, 2.45) is 11.8 Å². The standard InChI is InChI=1S/C18H26N2O4S/c1-20(25(2,22)23)10-8-16(21)19-17-14-9-11-24-18(14)15(17)12-13-6-4-3-5-7-13/h3-7,14-15,17-18H,8-12H2,1-2H3,(H,19,21)/t14-,15+,17-,18-/m1/s1. The minimum Gasteiger partial charge on any atom is -0.377 e. The van der Waals surface area contributed by atoms with E-state index in [1.165, 1.54) is 16.9 Å². The Hall–Kier alpha value is -1.44. The molecule has 0 bridgehead atoms. The van der Waals surface area contributed by atoms with Gasteiger partial charge in [-0.15, -0.1) is 0 Å². The summed E-state index contributed by atoms with van der Waals surface area (Å²) in [4.78, 5) is 12.3. The lowest BCUT2D eigenvalue weighted by atomic mass is 9.64. The molecule has 0 aromatic heterocycles. The number of rotatable bonds is 7. The van der Waals surface area contributed by atoms with Crippen molar-refractivity contribution in [1.29, 1.82) is 0 Å². The molecule has 0 unspecified atom stereocenters. The SMILES string of the molecule is CN(CCC(=O)N[C@@H]1[C@H]2CCO[C@H]2[C@H]1Cc1ccccc1)S(C)(=O)=O. The first-order valence-corrected chi connectivity index (χ1v) is 10.6. The van der Waals surface area contributed by atoms with Crippen LogP contribution in [0.25, 0.3) is 0 Å². The molecule has 7 heteroatoms. The van der Waals surface area contributed by atoms with Crippen molar-refractivity contribution in [3.05, 3.63) is 35.9 Å². The number of amides is 1. The molecule has 1 saturated heterocycles. The van der Waals surface area contributed by atoms with Crippen LogP contribution in [0.3, 0.4) is 0 Å². The van der Waals surface area contributed by atoms with Crippen molar-refractivity contribution in [3.63, 3.8) is 0 Å². The summed E-state index contributed by atoms with van der Waals surface area (Å²) in [5, 5.41) is 3.12. The van der Waals surface area contributed by atoms with E-state index in [0.29, 0.717) is 5.92 Å². The molecule has 138 valence electrons. The smallest absolute Gasteiger partial charge is 0.221 e. The number of sulfonamides is 1. The van der Waals surface area contributed by atoms with Crippen LogP contribution in [0, 0.1) is 11.8 Å². The zero-order valence-electron chi connectivity index (χ0n) is 14.7. The number of carbonyl (C=O) groups is 1. The molecule has 0 radical (unpaired) electrons. The van der Waals surface area contributed by atoms with Crippen LogP contribution in [-0.4, -0.2) is 57.2 Å². The lowest BCUT2D eigenvalue weighted by Gasteiger charge is -2.48. The summed E-state index contributed by atoms with van der Waals surface area (Å²) in [6.45, 7) is 0.954. The third-order valence-corrected chi connectivity index (χ3v) is 6.70. The van der Waals surface area contributed by atoms with Gasteiger partial charge in [-0.2, -0.15) is 0 Å². The summed E-state index contributed by atoms with van der Waals surface area (Å²) < 4.78 is 29.9. The molecule has 25 heavy (non-hydrogen) atoms. The molecule has 2 fully saturated rings. The van der Waals surface area contributed by atoms with Gasteiger partial charge in [-0.3, -0.25) is 4.79 Å². The quantitative estimate of drug-likeness (QED) is 0.782. The molecule has 1 aromatic rings. The molecule has 1 aliphatic heterocycles. The highest BCUT2D eigenvalue weighted by Crippen LogP contribution is 2.45. The predicted molar refractivity (Wildman–Crippen MR) is 95.5 cm³/mol. The van der Waals surface area contributed by atoms with Gasteiger partial charge < -0.3 is 10.1 Å². The van der Waals surface area contributed by atoms with Gasteiger partial charge in [0.25, 0.3) is 0 Å². The van der Waals surface area contributed by atoms with Crippen LogP contribution in [0.15, 0.2) is 30.3 Å². The molecular formula is C18H26N2O4S. The van der Waals surface area contributed by atoms with Crippen LogP contribution in [-0.2, 0) is 26.0 Å². The van der Waals surface area contributed by atoms with Crippen molar-refractivity contribution in [2.75, 3.05) is 26.5 Å². The molecule has 1 amide bonds. The van der Waals surface area contributed by atoms with Crippen LogP contribution in [0.1, 0.15) is 18.4 Å². The van der Waals surface area contributed by atoms with Crippen molar-refractivity contribution < 1.29 is 17.9 Å². The molecule has 3 rings (SSSR count). The number of ether oxygens (including phenoxy) is 1. The van der Waals surface area contributed by atoms with E-state index in [1.807, 2.05) is 18.2 Å². The lowest BCUT2D eigenvalue weighted by molar-refractivity contribution is -0.127. The predicted octanol–water partition coefficient (Wildman–Crippen LogP) is 1.03. The molecule has 6 nitrogen and oxygen atoms in total. The number of hydrogen-bond acceptors (Lipinski definition) is 4. The summed E-state index contributed by atoms with van der Waals surface area (Å²) in [7, 11) is -1.76. The maximum atomic E-state index is 12.3. The van der Waals surface area contributed by atoms with Gasteiger partial charge in [0.15, 0.2) is 0 Å². The van der Waals surface area contributed by atoms with E-state index in [0.717, 1.165) is 25.7 Å². The fourth-order valence-electron chi connectivity index (χ4n) is 3.86. The molecule has 0 spiro atoms. The Morgan fingerprint density at radius 3 is 2.72 bits per heavy atom. The van der Waals surface area contributed by atoms with Crippen LogP contribution in [0.5, 0.6) is 0 Å². The van der Waals surface area contributed by atoms with Gasteiger partial charge in [0, 0.05) is 44.5 Å². The van der Waals surface area contributed by atoms with Crippen molar-refractivity contribution >= 4 is 15.9 Å². The molecule has 1 N–H and O–H groups in total. The third kappa shape index (κ3) is 4.22. The number of fused-ring (bicyclic) bond motifs is 1. The van der Waals surface area contributed by atoms with Gasteiger partial charge in [0.2, 0.25) is 15.9 Å². The Morgan fingerprint density at radius 1 is 1.32 bits per heavy atom. The summed E-state index contributed by atoms with van der Waals surface area (Å²) in [6.07, 6.45) is 3.41. The molecule has 4 atom stereocenters. The maximum absolute atomic E-state index is 12.3. The second-order valence-electron chi connectivity index (χ2n) is 7.07. The number of nitrogens with one attached hydrogen (secondary N) is 1. The van der Waals surface area contributed by atoms with Crippen molar-refractivity contribution in [2.45, 2.75) is 31.4 Å². The summed E-state index contributed by atoms with van der Waals surface area (Å²) >= 11 is 0. The number of nitrogens with zero attached hydrogens (tertiary/aromatic N) is 1. The zero-order chi connectivity index (χ0) is 18.0. The summed E-state index contributed by atoms with van der Waals surface area (Å²) in [5.41, 5.74) is 1.25. The van der Waals surface area contributed by atoms with Gasteiger partial charge in [0.05, 0.1) is 12.4 Å². The highest BCUT2D eigenvalue weighted by Gasteiger charge is 2.53. The first kappa shape index (κ1) is 18.4. The Kier molecular flexibility index (Phi) is 5.46. The average Bonchev–Trinajstić information content (AvgIpc) is 3.00. The first-order valence-electron chi connectivity index (χ1n) is 8.72. The average molecular weight is 366 g/mol. The van der Waals surface area contributed by atoms with Crippen LogP contribution >= 0.6 is 0 Å². The summed E-state index contributed by atoms with van der Waals surface area (Å²) in [6, 6.07) is 10.4.